The fourth-order valence-corrected chi connectivity index (χ4v) is 4.05. The molecule has 1 atom stereocenters. The Morgan fingerprint density at radius 2 is 2.04 bits per heavy atom. The number of hydrogen-bond donors (Lipinski definition) is 1. The van der Waals surface area contributed by atoms with E-state index in [1.54, 1.807) is 6.20 Å². The molecule has 1 fully saturated rings. The van der Waals surface area contributed by atoms with Gasteiger partial charge in [0.2, 0.25) is 0 Å². The molecular weight excluding hydrogens is 348 g/mol. The van der Waals surface area contributed by atoms with Gasteiger partial charge in [0.05, 0.1) is 11.2 Å². The van der Waals surface area contributed by atoms with E-state index in [1.807, 2.05) is 40.9 Å². The largest absolute Gasteiger partial charge is 0.352 e. The molecule has 2 aromatic heterocycles. The summed E-state index contributed by atoms with van der Waals surface area (Å²) in [5.74, 6) is 1.04. The third-order valence-corrected chi connectivity index (χ3v) is 5.43. The van der Waals surface area contributed by atoms with E-state index in [2.05, 4.69) is 31.8 Å². The van der Waals surface area contributed by atoms with Crippen molar-refractivity contribution >= 4 is 33.5 Å². The average Bonchev–Trinajstić information content (AvgIpc) is 3.31. The van der Waals surface area contributed by atoms with Gasteiger partial charge in [0.15, 0.2) is 0 Å². The van der Waals surface area contributed by atoms with Gasteiger partial charge >= 0.3 is 6.03 Å². The number of carbonyl (C=O) groups is 1. The van der Waals surface area contributed by atoms with Gasteiger partial charge in [-0.1, -0.05) is 12.1 Å². The summed E-state index contributed by atoms with van der Waals surface area (Å²) < 4.78 is 7.65. The van der Waals surface area contributed by atoms with Gasteiger partial charge in [0.25, 0.3) is 0 Å². The quantitative estimate of drug-likeness (QED) is 0.766. The topological polar surface area (TPSA) is 66.3 Å². The van der Waals surface area contributed by atoms with E-state index in [1.165, 1.54) is 21.6 Å². The van der Waals surface area contributed by atoms with Crippen LogP contribution in [0.25, 0.3) is 10.1 Å². The normalized spacial score (nSPS) is 16.0. The number of nitrogens with zero attached hydrogens (tertiary/aromatic N) is 5. The van der Waals surface area contributed by atoms with Gasteiger partial charge in [0, 0.05) is 50.0 Å². The Morgan fingerprint density at radius 1 is 1.23 bits per heavy atom. The molecule has 1 aliphatic heterocycles. The summed E-state index contributed by atoms with van der Waals surface area (Å²) in [6, 6.07) is 10.2. The van der Waals surface area contributed by atoms with Crippen molar-refractivity contribution in [1.82, 2.24) is 24.4 Å². The predicted octanol–water partition coefficient (Wildman–Crippen LogP) is 2.41. The summed E-state index contributed by atoms with van der Waals surface area (Å²) >= 11 is 1.53. The number of amides is 2. The van der Waals surface area contributed by atoms with Gasteiger partial charge in [-0.2, -0.15) is 9.47 Å². The fourth-order valence-electron chi connectivity index (χ4n) is 3.26. The lowest BCUT2D eigenvalue weighted by molar-refractivity contribution is 0.189. The lowest BCUT2D eigenvalue weighted by Gasteiger charge is -2.35. The zero-order valence-corrected chi connectivity index (χ0v) is 15.5. The number of carbonyl (C=O) groups excluding carboxylic acids is 1. The van der Waals surface area contributed by atoms with Crippen molar-refractivity contribution < 1.29 is 4.79 Å². The maximum Gasteiger partial charge on any atom is 0.317 e. The molecule has 3 aromatic rings. The first-order valence-corrected chi connectivity index (χ1v) is 9.60. The Bertz CT molecular complexity index is 869. The van der Waals surface area contributed by atoms with E-state index in [0.29, 0.717) is 19.6 Å². The molecule has 8 heteroatoms. The zero-order chi connectivity index (χ0) is 17.9. The second-order valence-corrected chi connectivity index (χ2v) is 7.36. The van der Waals surface area contributed by atoms with Crippen LogP contribution >= 0.6 is 11.5 Å². The first-order valence-electron chi connectivity index (χ1n) is 8.83. The standard InChI is InChI=1S/C18H22N6OS/c1-14(13-24-8-4-7-19-24)20-18(25)23-11-9-22(10-12-23)17-15-5-2-3-6-16(15)26-21-17/h2-8,14H,9-13H2,1H3,(H,20,25)/t14-/m1/s1. The minimum atomic E-state index is -0.00700. The van der Waals surface area contributed by atoms with Crippen LogP contribution in [0.15, 0.2) is 42.7 Å². The second kappa shape index (κ2) is 7.33. The van der Waals surface area contributed by atoms with Crippen LogP contribution in [0.1, 0.15) is 6.92 Å². The molecule has 7 nitrogen and oxygen atoms in total. The molecule has 1 saturated heterocycles. The Hall–Kier alpha value is -2.61. The third-order valence-electron chi connectivity index (χ3n) is 4.61. The number of benzene rings is 1. The molecule has 0 saturated carbocycles. The zero-order valence-electron chi connectivity index (χ0n) is 14.7. The van der Waals surface area contributed by atoms with Crippen LogP contribution in [-0.2, 0) is 6.54 Å². The highest BCUT2D eigenvalue weighted by molar-refractivity contribution is 7.13. The van der Waals surface area contributed by atoms with E-state index in [9.17, 15) is 4.79 Å². The van der Waals surface area contributed by atoms with Gasteiger partial charge in [-0.25, -0.2) is 4.79 Å². The Kier molecular flexibility index (Phi) is 4.75. The number of piperazine rings is 1. The second-order valence-electron chi connectivity index (χ2n) is 6.56. The maximum atomic E-state index is 12.5. The summed E-state index contributed by atoms with van der Waals surface area (Å²) in [4.78, 5) is 16.6. The summed E-state index contributed by atoms with van der Waals surface area (Å²) in [5, 5.41) is 8.44. The van der Waals surface area contributed by atoms with Gasteiger partial charge in [0.1, 0.15) is 5.82 Å². The molecule has 1 aromatic carbocycles. The van der Waals surface area contributed by atoms with E-state index >= 15 is 0 Å². The van der Waals surface area contributed by atoms with Gasteiger partial charge in [-0.15, -0.1) is 0 Å². The molecule has 0 bridgehead atoms. The minimum absolute atomic E-state index is 0.00700. The van der Waals surface area contributed by atoms with Crippen molar-refractivity contribution in [1.29, 1.82) is 0 Å². The molecule has 1 aliphatic rings. The molecule has 136 valence electrons. The smallest absolute Gasteiger partial charge is 0.317 e. The van der Waals surface area contributed by atoms with Crippen LogP contribution in [0.5, 0.6) is 0 Å². The van der Waals surface area contributed by atoms with Gasteiger partial charge < -0.3 is 15.1 Å². The Balaban J connectivity index is 1.32. The average molecular weight is 370 g/mol. The van der Waals surface area contributed by atoms with Crippen LogP contribution in [-0.4, -0.2) is 57.3 Å². The van der Waals surface area contributed by atoms with Crippen molar-refractivity contribution in [2.45, 2.75) is 19.5 Å². The monoisotopic (exact) mass is 370 g/mol. The number of rotatable bonds is 4. The van der Waals surface area contributed by atoms with E-state index in [-0.39, 0.29) is 12.1 Å². The molecule has 1 N–H and O–H groups in total. The van der Waals surface area contributed by atoms with Crippen LogP contribution in [0, 0.1) is 0 Å². The Morgan fingerprint density at radius 3 is 2.81 bits per heavy atom. The summed E-state index contributed by atoms with van der Waals surface area (Å²) in [6.07, 6.45) is 3.65. The predicted molar refractivity (Wildman–Crippen MR) is 104 cm³/mol. The van der Waals surface area contributed by atoms with Crippen molar-refractivity contribution in [2.75, 3.05) is 31.1 Å². The molecule has 0 spiro atoms. The maximum absolute atomic E-state index is 12.5. The van der Waals surface area contributed by atoms with Crippen molar-refractivity contribution in [3.63, 3.8) is 0 Å². The number of fused-ring (bicyclic) bond motifs is 1. The highest BCUT2D eigenvalue weighted by Crippen LogP contribution is 2.29. The number of nitrogens with one attached hydrogen (secondary N) is 1. The van der Waals surface area contributed by atoms with Crippen LogP contribution < -0.4 is 10.2 Å². The highest BCUT2D eigenvalue weighted by Gasteiger charge is 2.24. The SMILES string of the molecule is C[C@H](Cn1cccn1)NC(=O)N1CCN(c2nsc3ccccc23)CC1. The van der Waals surface area contributed by atoms with Gasteiger partial charge in [-0.3, -0.25) is 4.68 Å². The van der Waals surface area contributed by atoms with E-state index < -0.39 is 0 Å². The molecule has 2 amide bonds. The van der Waals surface area contributed by atoms with Crippen LogP contribution in [0.2, 0.25) is 0 Å². The number of urea groups is 1. The molecule has 0 unspecified atom stereocenters. The van der Waals surface area contributed by atoms with Crippen molar-refractivity contribution in [3.8, 4) is 0 Å². The third kappa shape index (κ3) is 3.50. The molecule has 0 radical (unpaired) electrons. The number of aromatic nitrogens is 3. The molecule has 0 aliphatic carbocycles. The number of hydrogen-bond acceptors (Lipinski definition) is 5. The Labute approximate surface area is 156 Å². The minimum Gasteiger partial charge on any atom is -0.352 e. The first-order chi connectivity index (χ1) is 12.7. The van der Waals surface area contributed by atoms with Crippen LogP contribution in [0.4, 0.5) is 10.6 Å². The summed E-state index contributed by atoms with van der Waals surface area (Å²) in [7, 11) is 0. The van der Waals surface area contributed by atoms with Crippen molar-refractivity contribution in [2.24, 2.45) is 0 Å². The first kappa shape index (κ1) is 16.8. The van der Waals surface area contributed by atoms with E-state index in [4.69, 9.17) is 0 Å². The molecule has 3 heterocycles. The van der Waals surface area contributed by atoms with Crippen LogP contribution in [0.3, 0.4) is 0 Å². The molecule has 26 heavy (non-hydrogen) atoms. The molecular formula is C18H22N6OS. The number of anilines is 1. The summed E-state index contributed by atoms with van der Waals surface area (Å²) in [6.45, 7) is 5.67. The highest BCUT2D eigenvalue weighted by atomic mass is 32.1. The fraction of sp³-hybridized carbons (Fsp3) is 0.389. The lowest BCUT2D eigenvalue weighted by atomic mass is 10.2. The van der Waals surface area contributed by atoms with Crippen molar-refractivity contribution in [3.05, 3.63) is 42.7 Å². The molecule has 4 rings (SSSR count). The van der Waals surface area contributed by atoms with E-state index in [0.717, 1.165) is 18.9 Å². The summed E-state index contributed by atoms with van der Waals surface area (Å²) in [5.41, 5.74) is 0. The van der Waals surface area contributed by atoms with Gasteiger partial charge in [-0.05, 0) is 36.7 Å². The lowest BCUT2D eigenvalue weighted by Crippen LogP contribution is -2.53.